The van der Waals surface area contributed by atoms with Crippen molar-refractivity contribution >= 4 is 34.9 Å². The summed E-state index contributed by atoms with van der Waals surface area (Å²) in [5.74, 6) is -0.0698. The summed E-state index contributed by atoms with van der Waals surface area (Å²) in [6, 6.07) is 9.13. The number of rotatable bonds is 5. The second-order valence-corrected chi connectivity index (χ2v) is 6.65. The van der Waals surface area contributed by atoms with Crippen molar-refractivity contribution in [1.82, 2.24) is 10.6 Å². The summed E-state index contributed by atoms with van der Waals surface area (Å²) >= 11 is 6.01. The van der Waals surface area contributed by atoms with Gasteiger partial charge in [0, 0.05) is 22.9 Å². The van der Waals surface area contributed by atoms with Gasteiger partial charge >= 0.3 is 6.03 Å². The van der Waals surface area contributed by atoms with Crippen LogP contribution >= 0.6 is 11.6 Å². The van der Waals surface area contributed by atoms with Crippen LogP contribution in [0.3, 0.4) is 0 Å². The second-order valence-electron chi connectivity index (χ2n) is 6.22. The van der Waals surface area contributed by atoms with Gasteiger partial charge in [0.25, 0.3) is 11.6 Å². The number of amides is 3. The van der Waals surface area contributed by atoms with E-state index < -0.39 is 22.9 Å². The van der Waals surface area contributed by atoms with Crippen LogP contribution in [0.25, 0.3) is 0 Å². The highest BCUT2D eigenvalue weighted by Crippen LogP contribution is 2.32. The molecule has 0 unspecified atom stereocenters. The molecule has 1 heterocycles. The summed E-state index contributed by atoms with van der Waals surface area (Å²) in [7, 11) is 1.46. The summed E-state index contributed by atoms with van der Waals surface area (Å²) in [6.45, 7) is 1.60. The number of ether oxygens (including phenoxy) is 1. The Morgan fingerprint density at radius 3 is 2.55 bits per heavy atom. The summed E-state index contributed by atoms with van der Waals surface area (Å²) in [4.78, 5) is 35.4. The number of hydrogen-bond acceptors (Lipinski definition) is 5. The molecule has 3 rings (SSSR count). The first-order valence-electron chi connectivity index (χ1n) is 8.47. The Morgan fingerprint density at radius 2 is 1.93 bits per heavy atom. The number of nitrogens with zero attached hydrogens (tertiary/aromatic N) is 1. The monoisotopic (exact) mass is 416 g/mol. The summed E-state index contributed by atoms with van der Waals surface area (Å²) in [6.07, 6.45) is 0. The lowest BCUT2D eigenvalue weighted by molar-refractivity contribution is -0.384. The van der Waals surface area contributed by atoms with Crippen LogP contribution in [0.15, 0.2) is 53.7 Å². The van der Waals surface area contributed by atoms with Crippen LogP contribution in [0.2, 0.25) is 5.02 Å². The Labute approximate surface area is 170 Å². The van der Waals surface area contributed by atoms with Gasteiger partial charge in [0.1, 0.15) is 5.75 Å². The highest BCUT2D eigenvalue weighted by atomic mass is 35.5. The predicted molar refractivity (Wildman–Crippen MR) is 107 cm³/mol. The SMILES string of the molecule is COc1ccc(Cl)cc1NC(=O)C1=C(C)NC(=O)N[C@H]1c1ccc([N+](=O)[O-])cc1. The van der Waals surface area contributed by atoms with Gasteiger partial charge in [0.15, 0.2) is 0 Å². The normalized spacial score (nSPS) is 16.0. The van der Waals surface area contributed by atoms with Gasteiger partial charge in [-0.3, -0.25) is 14.9 Å². The van der Waals surface area contributed by atoms with Crippen LogP contribution in [-0.2, 0) is 4.79 Å². The van der Waals surface area contributed by atoms with Crippen molar-refractivity contribution in [3.8, 4) is 5.75 Å². The molecule has 10 heteroatoms. The smallest absolute Gasteiger partial charge is 0.319 e. The van der Waals surface area contributed by atoms with Crippen molar-refractivity contribution in [3.05, 3.63) is 74.4 Å². The van der Waals surface area contributed by atoms with Crippen LogP contribution in [0.4, 0.5) is 16.2 Å². The molecule has 29 heavy (non-hydrogen) atoms. The number of urea groups is 1. The van der Waals surface area contributed by atoms with E-state index in [1.165, 1.54) is 31.4 Å². The quantitative estimate of drug-likeness (QED) is 0.508. The van der Waals surface area contributed by atoms with Crippen LogP contribution in [0, 0.1) is 10.1 Å². The zero-order chi connectivity index (χ0) is 21.1. The van der Waals surface area contributed by atoms with E-state index in [9.17, 15) is 19.7 Å². The molecule has 0 spiro atoms. The lowest BCUT2D eigenvalue weighted by Gasteiger charge is -2.28. The summed E-state index contributed by atoms with van der Waals surface area (Å²) in [5, 5.41) is 19.3. The molecule has 2 aromatic carbocycles. The van der Waals surface area contributed by atoms with Crippen molar-refractivity contribution in [2.75, 3.05) is 12.4 Å². The van der Waals surface area contributed by atoms with Gasteiger partial charge in [-0.25, -0.2) is 4.79 Å². The third-order valence-electron chi connectivity index (χ3n) is 4.36. The third-order valence-corrected chi connectivity index (χ3v) is 4.60. The van der Waals surface area contributed by atoms with Crippen LogP contribution in [-0.4, -0.2) is 24.0 Å². The average Bonchev–Trinajstić information content (AvgIpc) is 2.67. The molecule has 0 saturated carbocycles. The maximum Gasteiger partial charge on any atom is 0.319 e. The van der Waals surface area contributed by atoms with Gasteiger partial charge < -0.3 is 20.7 Å². The highest BCUT2D eigenvalue weighted by Gasteiger charge is 2.31. The number of non-ortho nitro benzene ring substituents is 1. The molecule has 3 N–H and O–H groups in total. The van der Waals surface area contributed by atoms with Gasteiger partial charge in [-0.05, 0) is 42.8 Å². The van der Waals surface area contributed by atoms with E-state index in [4.69, 9.17) is 16.3 Å². The molecule has 1 aliphatic rings. The molecule has 0 radical (unpaired) electrons. The Morgan fingerprint density at radius 1 is 1.24 bits per heavy atom. The van der Waals surface area contributed by atoms with Gasteiger partial charge in [0.05, 0.1) is 29.3 Å². The number of hydrogen-bond donors (Lipinski definition) is 3. The molecule has 0 bridgehead atoms. The number of methoxy groups -OCH3 is 1. The topological polar surface area (TPSA) is 123 Å². The number of halogens is 1. The molecule has 0 aliphatic carbocycles. The molecule has 0 aromatic heterocycles. The van der Waals surface area contributed by atoms with Gasteiger partial charge in [0.2, 0.25) is 0 Å². The van der Waals surface area contributed by atoms with E-state index in [1.54, 1.807) is 25.1 Å². The van der Waals surface area contributed by atoms with E-state index in [2.05, 4.69) is 16.0 Å². The van der Waals surface area contributed by atoms with Crippen LogP contribution in [0.1, 0.15) is 18.5 Å². The van der Waals surface area contributed by atoms with Crippen molar-refractivity contribution < 1.29 is 19.2 Å². The molecular formula is C19H17ClN4O5. The second kappa shape index (κ2) is 8.19. The minimum atomic E-state index is -0.797. The van der Waals surface area contributed by atoms with Crippen molar-refractivity contribution in [1.29, 1.82) is 0 Å². The fourth-order valence-electron chi connectivity index (χ4n) is 3.00. The van der Waals surface area contributed by atoms with Gasteiger partial charge in [-0.2, -0.15) is 0 Å². The van der Waals surface area contributed by atoms with E-state index in [1.807, 2.05) is 0 Å². The number of carbonyl (C=O) groups excluding carboxylic acids is 2. The number of nitro groups is 1. The Bertz CT molecular complexity index is 1020. The highest BCUT2D eigenvalue weighted by molar-refractivity contribution is 6.31. The number of allylic oxidation sites excluding steroid dienone is 1. The first-order chi connectivity index (χ1) is 13.8. The van der Waals surface area contributed by atoms with Crippen LogP contribution in [0.5, 0.6) is 5.75 Å². The van der Waals surface area contributed by atoms with E-state index in [0.717, 1.165) is 0 Å². The van der Waals surface area contributed by atoms with E-state index in [0.29, 0.717) is 27.7 Å². The molecule has 1 aliphatic heterocycles. The first-order valence-corrected chi connectivity index (χ1v) is 8.85. The maximum atomic E-state index is 13.1. The Kier molecular flexibility index (Phi) is 5.69. The maximum absolute atomic E-state index is 13.1. The zero-order valence-electron chi connectivity index (χ0n) is 15.5. The summed E-state index contributed by atoms with van der Waals surface area (Å²) in [5.41, 5.74) is 1.40. The third kappa shape index (κ3) is 4.30. The predicted octanol–water partition coefficient (Wildman–Crippen LogP) is 3.52. The van der Waals surface area contributed by atoms with Crippen molar-refractivity contribution in [3.63, 3.8) is 0 Å². The Balaban J connectivity index is 1.96. The number of anilines is 1. The molecule has 150 valence electrons. The standard InChI is InChI=1S/C19H17ClN4O5/c1-10-16(18(25)22-14-9-12(20)5-8-15(14)29-2)17(23-19(26)21-10)11-3-6-13(7-4-11)24(27)28/h3-9,17H,1-2H3,(H,22,25)(H2,21,23,26)/t17-/m0/s1. The number of nitrogens with one attached hydrogen (secondary N) is 3. The first kappa shape index (κ1) is 20.2. The molecule has 3 amide bonds. The fraction of sp³-hybridized carbons (Fsp3) is 0.158. The lowest BCUT2D eigenvalue weighted by atomic mass is 9.94. The zero-order valence-corrected chi connectivity index (χ0v) is 16.2. The minimum absolute atomic E-state index is 0.0932. The van der Waals surface area contributed by atoms with Gasteiger partial charge in [-0.1, -0.05) is 11.6 Å². The van der Waals surface area contributed by atoms with Crippen molar-refractivity contribution in [2.24, 2.45) is 0 Å². The largest absolute Gasteiger partial charge is 0.495 e. The molecule has 1 atom stereocenters. The number of carbonyl (C=O) groups is 2. The van der Waals surface area contributed by atoms with E-state index >= 15 is 0 Å². The summed E-state index contributed by atoms with van der Waals surface area (Å²) < 4.78 is 5.24. The lowest BCUT2D eigenvalue weighted by Crippen LogP contribution is -2.46. The van der Waals surface area contributed by atoms with Gasteiger partial charge in [-0.15, -0.1) is 0 Å². The fourth-order valence-corrected chi connectivity index (χ4v) is 3.17. The van der Waals surface area contributed by atoms with Crippen LogP contribution < -0.4 is 20.7 Å². The molecule has 2 aromatic rings. The molecule has 0 fully saturated rings. The minimum Gasteiger partial charge on any atom is -0.495 e. The molecular weight excluding hydrogens is 400 g/mol. The number of benzene rings is 2. The molecule has 9 nitrogen and oxygen atoms in total. The van der Waals surface area contributed by atoms with E-state index in [-0.39, 0.29) is 11.3 Å². The Hall–Kier alpha value is -3.59. The van der Waals surface area contributed by atoms with Crippen molar-refractivity contribution in [2.45, 2.75) is 13.0 Å². The molecule has 0 saturated heterocycles. The number of nitro benzene ring substituents is 1. The average molecular weight is 417 g/mol.